The van der Waals surface area contributed by atoms with Crippen LogP contribution in [0.25, 0.3) is 0 Å². The van der Waals surface area contributed by atoms with Crippen LogP contribution in [0.15, 0.2) is 29.2 Å². The molecule has 2 rings (SSSR count). The van der Waals surface area contributed by atoms with Crippen LogP contribution in [0, 0.1) is 12.7 Å². The minimum absolute atomic E-state index is 0.266. The number of hydrogen-bond donors (Lipinski definition) is 1. The Labute approximate surface area is 112 Å². The summed E-state index contributed by atoms with van der Waals surface area (Å²) in [6, 6.07) is 6.19. The highest BCUT2D eigenvalue weighted by molar-refractivity contribution is 7.98. The summed E-state index contributed by atoms with van der Waals surface area (Å²) in [5.41, 5.74) is 0.544. The third-order valence-electron chi connectivity index (χ3n) is 2.21. The highest BCUT2D eigenvalue weighted by Gasteiger charge is 2.13. The van der Waals surface area contributed by atoms with Crippen molar-refractivity contribution >= 4 is 29.1 Å². The summed E-state index contributed by atoms with van der Waals surface area (Å²) in [4.78, 5) is 16.3. The largest absolute Gasteiger partial charge is 0.477 e. The topological polar surface area (TPSA) is 50.2 Å². The van der Waals surface area contributed by atoms with Gasteiger partial charge in [-0.2, -0.15) is 0 Å². The first-order valence-electron chi connectivity index (χ1n) is 5.14. The van der Waals surface area contributed by atoms with E-state index < -0.39 is 5.97 Å². The van der Waals surface area contributed by atoms with E-state index in [9.17, 15) is 9.18 Å². The Kier molecular flexibility index (Phi) is 3.98. The standard InChI is InChI=1S/C12H10FNO2S2/c1-7-11(12(15)16)18-10(14-7)6-17-9-4-2-8(13)3-5-9/h2-5H,6H2,1H3,(H,15,16). The summed E-state index contributed by atoms with van der Waals surface area (Å²) in [5, 5.41) is 9.68. The fourth-order valence-electron chi connectivity index (χ4n) is 1.39. The van der Waals surface area contributed by atoms with Crippen molar-refractivity contribution in [2.75, 3.05) is 0 Å². The molecule has 0 unspecified atom stereocenters. The van der Waals surface area contributed by atoms with E-state index in [2.05, 4.69) is 4.98 Å². The Balaban J connectivity index is 2.04. The molecule has 0 aliphatic heterocycles. The molecule has 0 amide bonds. The molecule has 0 saturated heterocycles. The molecule has 0 radical (unpaired) electrons. The van der Waals surface area contributed by atoms with Crippen LogP contribution in [-0.2, 0) is 5.75 Å². The number of aryl methyl sites for hydroxylation is 1. The van der Waals surface area contributed by atoms with Crippen LogP contribution in [0.3, 0.4) is 0 Å². The number of carboxylic acids is 1. The molecule has 0 bridgehead atoms. The van der Waals surface area contributed by atoms with Crippen molar-refractivity contribution in [3.63, 3.8) is 0 Å². The Morgan fingerprint density at radius 1 is 1.44 bits per heavy atom. The lowest BCUT2D eigenvalue weighted by molar-refractivity contribution is 0.0701. The monoisotopic (exact) mass is 283 g/mol. The van der Waals surface area contributed by atoms with E-state index in [0.717, 1.165) is 9.90 Å². The third kappa shape index (κ3) is 3.08. The minimum atomic E-state index is -0.942. The second kappa shape index (κ2) is 5.49. The first kappa shape index (κ1) is 13.0. The maximum absolute atomic E-state index is 12.7. The number of halogens is 1. The Morgan fingerprint density at radius 3 is 2.67 bits per heavy atom. The van der Waals surface area contributed by atoms with Gasteiger partial charge in [-0.05, 0) is 31.2 Å². The SMILES string of the molecule is Cc1nc(CSc2ccc(F)cc2)sc1C(=O)O. The maximum Gasteiger partial charge on any atom is 0.347 e. The number of thiazole rings is 1. The van der Waals surface area contributed by atoms with Crippen molar-refractivity contribution in [2.45, 2.75) is 17.6 Å². The van der Waals surface area contributed by atoms with Gasteiger partial charge in [0.1, 0.15) is 15.7 Å². The van der Waals surface area contributed by atoms with Gasteiger partial charge in [0, 0.05) is 4.90 Å². The van der Waals surface area contributed by atoms with E-state index in [-0.39, 0.29) is 10.7 Å². The molecule has 3 nitrogen and oxygen atoms in total. The van der Waals surface area contributed by atoms with Crippen molar-refractivity contribution in [1.29, 1.82) is 0 Å². The maximum atomic E-state index is 12.7. The lowest BCUT2D eigenvalue weighted by Gasteiger charge is -1.98. The van der Waals surface area contributed by atoms with Gasteiger partial charge in [0.25, 0.3) is 0 Å². The van der Waals surface area contributed by atoms with Crippen LogP contribution in [0.2, 0.25) is 0 Å². The van der Waals surface area contributed by atoms with Crippen LogP contribution >= 0.6 is 23.1 Å². The number of thioether (sulfide) groups is 1. The van der Waals surface area contributed by atoms with Crippen molar-refractivity contribution in [3.8, 4) is 0 Å². The van der Waals surface area contributed by atoms with E-state index in [4.69, 9.17) is 5.11 Å². The van der Waals surface area contributed by atoms with E-state index in [1.165, 1.54) is 35.2 Å². The first-order valence-corrected chi connectivity index (χ1v) is 6.94. The quantitative estimate of drug-likeness (QED) is 0.871. The second-order valence-electron chi connectivity index (χ2n) is 3.57. The molecule has 2 aromatic rings. The molecule has 94 valence electrons. The molecule has 0 atom stereocenters. The molecule has 1 N–H and O–H groups in total. The summed E-state index contributed by atoms with van der Waals surface area (Å²) < 4.78 is 12.7. The molecule has 1 heterocycles. The van der Waals surface area contributed by atoms with Gasteiger partial charge in [0.05, 0.1) is 11.4 Å². The highest BCUT2D eigenvalue weighted by atomic mass is 32.2. The molecule has 18 heavy (non-hydrogen) atoms. The van der Waals surface area contributed by atoms with Gasteiger partial charge in [0.2, 0.25) is 0 Å². The van der Waals surface area contributed by atoms with Crippen LogP contribution < -0.4 is 0 Å². The van der Waals surface area contributed by atoms with E-state index in [1.54, 1.807) is 19.1 Å². The van der Waals surface area contributed by atoms with Crippen molar-refractivity contribution in [3.05, 3.63) is 45.7 Å². The van der Waals surface area contributed by atoms with Gasteiger partial charge >= 0.3 is 5.97 Å². The van der Waals surface area contributed by atoms with Gasteiger partial charge in [0.15, 0.2) is 0 Å². The van der Waals surface area contributed by atoms with Crippen molar-refractivity contribution < 1.29 is 14.3 Å². The van der Waals surface area contributed by atoms with Gasteiger partial charge in [-0.25, -0.2) is 14.2 Å². The van der Waals surface area contributed by atoms with Gasteiger partial charge in [-0.3, -0.25) is 0 Å². The first-order chi connectivity index (χ1) is 8.56. The fraction of sp³-hybridized carbons (Fsp3) is 0.167. The number of aromatic nitrogens is 1. The average molecular weight is 283 g/mol. The van der Waals surface area contributed by atoms with Crippen molar-refractivity contribution in [2.24, 2.45) is 0 Å². The lowest BCUT2D eigenvalue weighted by Crippen LogP contribution is -1.94. The number of benzene rings is 1. The highest BCUT2D eigenvalue weighted by Crippen LogP contribution is 2.26. The molecule has 0 aliphatic rings. The number of carboxylic acid groups (broad SMARTS) is 1. The normalized spacial score (nSPS) is 10.6. The van der Waals surface area contributed by atoms with Crippen LogP contribution in [0.1, 0.15) is 20.4 Å². The fourth-order valence-corrected chi connectivity index (χ4v) is 3.18. The Hall–Kier alpha value is -1.40. The zero-order chi connectivity index (χ0) is 13.1. The van der Waals surface area contributed by atoms with E-state index in [0.29, 0.717) is 11.4 Å². The van der Waals surface area contributed by atoms with E-state index in [1.807, 2.05) is 0 Å². The van der Waals surface area contributed by atoms with Gasteiger partial charge < -0.3 is 5.11 Å². The third-order valence-corrected chi connectivity index (χ3v) is 4.56. The molecule has 0 saturated carbocycles. The predicted octanol–water partition coefficient (Wildman–Crippen LogP) is 3.58. The van der Waals surface area contributed by atoms with Crippen molar-refractivity contribution in [1.82, 2.24) is 4.98 Å². The van der Waals surface area contributed by atoms with Crippen LogP contribution in [0.4, 0.5) is 4.39 Å². The number of nitrogens with zero attached hydrogens (tertiary/aromatic N) is 1. The zero-order valence-corrected chi connectivity index (χ0v) is 11.1. The molecular weight excluding hydrogens is 273 g/mol. The molecule has 6 heteroatoms. The van der Waals surface area contributed by atoms with E-state index >= 15 is 0 Å². The lowest BCUT2D eigenvalue weighted by atomic mass is 10.4. The summed E-state index contributed by atoms with van der Waals surface area (Å²) >= 11 is 2.69. The van der Waals surface area contributed by atoms with Crippen LogP contribution in [0.5, 0.6) is 0 Å². The zero-order valence-electron chi connectivity index (χ0n) is 9.51. The second-order valence-corrected chi connectivity index (χ2v) is 5.70. The molecule has 1 aromatic heterocycles. The number of hydrogen-bond acceptors (Lipinski definition) is 4. The smallest absolute Gasteiger partial charge is 0.347 e. The average Bonchev–Trinajstić information content (AvgIpc) is 2.70. The van der Waals surface area contributed by atoms with Gasteiger partial charge in [-0.15, -0.1) is 23.1 Å². The predicted molar refractivity (Wildman–Crippen MR) is 69.8 cm³/mol. The summed E-state index contributed by atoms with van der Waals surface area (Å²) in [6.45, 7) is 1.69. The minimum Gasteiger partial charge on any atom is -0.477 e. The Morgan fingerprint density at radius 2 is 2.11 bits per heavy atom. The van der Waals surface area contributed by atoms with Gasteiger partial charge in [-0.1, -0.05) is 0 Å². The van der Waals surface area contributed by atoms with Crippen LogP contribution in [-0.4, -0.2) is 16.1 Å². The molecule has 1 aromatic carbocycles. The number of carbonyl (C=O) groups is 1. The number of rotatable bonds is 4. The summed E-state index contributed by atoms with van der Waals surface area (Å²) in [5.74, 6) is -0.620. The summed E-state index contributed by atoms with van der Waals surface area (Å²) in [7, 11) is 0. The molecule has 0 aliphatic carbocycles. The molecular formula is C12H10FNO2S2. The summed E-state index contributed by atoms with van der Waals surface area (Å²) in [6.07, 6.45) is 0. The number of aromatic carboxylic acids is 1. The molecule has 0 spiro atoms. The molecule has 0 fully saturated rings. The Bertz CT molecular complexity index is 566.